The molecule has 0 radical (unpaired) electrons. The zero-order valence-corrected chi connectivity index (χ0v) is 11.7. The molecule has 0 saturated carbocycles. The van der Waals surface area contributed by atoms with Crippen molar-refractivity contribution in [2.75, 3.05) is 46.0 Å². The van der Waals surface area contributed by atoms with Crippen LogP contribution in [0, 0.1) is 0 Å². The molecular weight excluding hydrogens is 248 g/mol. The van der Waals surface area contributed by atoms with E-state index in [2.05, 4.69) is 29.2 Å². The van der Waals surface area contributed by atoms with Gasteiger partial charge in [-0.1, -0.05) is 0 Å². The Labute approximate surface area is 112 Å². The zero-order valence-electron chi connectivity index (χ0n) is 10.8. The van der Waals surface area contributed by atoms with Crippen LogP contribution in [-0.2, 0) is 0 Å². The van der Waals surface area contributed by atoms with Crippen LogP contribution in [0.2, 0.25) is 0 Å². The summed E-state index contributed by atoms with van der Waals surface area (Å²) in [6.07, 6.45) is 0. The molecule has 1 saturated heterocycles. The molecule has 1 aromatic heterocycles. The van der Waals surface area contributed by atoms with Gasteiger partial charge in [0, 0.05) is 32.2 Å². The summed E-state index contributed by atoms with van der Waals surface area (Å²) >= 11 is 1.38. The first-order chi connectivity index (χ1) is 8.58. The summed E-state index contributed by atoms with van der Waals surface area (Å²) in [6.45, 7) is 3.77. The van der Waals surface area contributed by atoms with Crippen molar-refractivity contribution in [2.24, 2.45) is 0 Å². The van der Waals surface area contributed by atoms with Gasteiger partial charge in [-0.15, -0.1) is 11.3 Å². The van der Waals surface area contributed by atoms with E-state index < -0.39 is 0 Å². The SMILES string of the molecule is CN1CCN(C)C(CNC(=O)c2sccc2N)C1. The molecule has 100 valence electrons. The number of piperazine rings is 1. The van der Waals surface area contributed by atoms with Crippen LogP contribution in [0.25, 0.3) is 0 Å². The molecule has 0 aromatic carbocycles. The number of anilines is 1. The molecule has 1 unspecified atom stereocenters. The lowest BCUT2D eigenvalue weighted by molar-refractivity contribution is 0.0885. The molecule has 1 aliphatic heterocycles. The summed E-state index contributed by atoms with van der Waals surface area (Å²) in [7, 11) is 4.21. The fourth-order valence-corrected chi connectivity index (χ4v) is 2.85. The van der Waals surface area contributed by atoms with Crippen LogP contribution in [0.15, 0.2) is 11.4 Å². The number of hydrogen-bond donors (Lipinski definition) is 2. The van der Waals surface area contributed by atoms with E-state index in [4.69, 9.17) is 5.73 Å². The number of hydrogen-bond acceptors (Lipinski definition) is 5. The summed E-state index contributed by atoms with van der Waals surface area (Å²) in [5.41, 5.74) is 6.29. The summed E-state index contributed by atoms with van der Waals surface area (Å²) in [4.78, 5) is 17.1. The second kappa shape index (κ2) is 5.69. The average Bonchev–Trinajstić information content (AvgIpc) is 2.76. The lowest BCUT2D eigenvalue weighted by Crippen LogP contribution is -2.54. The van der Waals surface area contributed by atoms with Crippen LogP contribution in [0.1, 0.15) is 9.67 Å². The van der Waals surface area contributed by atoms with Gasteiger partial charge in [-0.05, 0) is 25.5 Å². The van der Waals surface area contributed by atoms with Gasteiger partial charge in [0.2, 0.25) is 0 Å². The standard InChI is InChI=1S/C12H20N4OS/c1-15-4-5-16(2)9(8-15)7-14-12(17)11-10(13)3-6-18-11/h3,6,9H,4-5,7-8,13H2,1-2H3,(H,14,17). The number of nitrogen functional groups attached to an aromatic ring is 1. The van der Waals surface area contributed by atoms with Crippen LogP contribution in [0.3, 0.4) is 0 Å². The van der Waals surface area contributed by atoms with Gasteiger partial charge in [0.25, 0.3) is 5.91 Å². The summed E-state index contributed by atoms with van der Waals surface area (Å²) < 4.78 is 0. The minimum absolute atomic E-state index is 0.0656. The third-order valence-electron chi connectivity index (χ3n) is 3.38. The molecule has 0 bridgehead atoms. The van der Waals surface area contributed by atoms with Gasteiger partial charge in [-0.2, -0.15) is 0 Å². The molecule has 1 atom stereocenters. The van der Waals surface area contributed by atoms with Crippen LogP contribution in [-0.4, -0.2) is 62.0 Å². The molecule has 1 fully saturated rings. The second-order valence-electron chi connectivity index (χ2n) is 4.81. The molecule has 6 heteroatoms. The van der Waals surface area contributed by atoms with Crippen molar-refractivity contribution in [1.29, 1.82) is 0 Å². The topological polar surface area (TPSA) is 61.6 Å². The number of thiophene rings is 1. The van der Waals surface area contributed by atoms with Crippen LogP contribution >= 0.6 is 11.3 Å². The van der Waals surface area contributed by atoms with Gasteiger partial charge >= 0.3 is 0 Å². The van der Waals surface area contributed by atoms with Gasteiger partial charge in [0.15, 0.2) is 0 Å². The smallest absolute Gasteiger partial charge is 0.263 e. The molecule has 2 heterocycles. The Kier molecular flexibility index (Phi) is 4.21. The predicted molar refractivity (Wildman–Crippen MR) is 75.0 cm³/mol. The van der Waals surface area contributed by atoms with Crippen molar-refractivity contribution in [3.63, 3.8) is 0 Å². The van der Waals surface area contributed by atoms with Gasteiger partial charge in [0.1, 0.15) is 4.88 Å². The largest absolute Gasteiger partial charge is 0.397 e. The maximum atomic E-state index is 11.9. The number of carbonyl (C=O) groups excluding carboxylic acids is 1. The first-order valence-corrected chi connectivity index (χ1v) is 6.96. The first-order valence-electron chi connectivity index (χ1n) is 6.08. The Morgan fingerprint density at radius 1 is 1.56 bits per heavy atom. The quantitative estimate of drug-likeness (QED) is 0.828. The van der Waals surface area contributed by atoms with Gasteiger partial charge in [-0.25, -0.2) is 0 Å². The van der Waals surface area contributed by atoms with Crippen molar-refractivity contribution in [1.82, 2.24) is 15.1 Å². The summed E-state index contributed by atoms with van der Waals surface area (Å²) in [5.74, 6) is -0.0656. The van der Waals surface area contributed by atoms with Crippen LogP contribution in [0.5, 0.6) is 0 Å². The van der Waals surface area contributed by atoms with Crippen molar-refractivity contribution in [3.8, 4) is 0 Å². The number of likely N-dealkylation sites (N-methyl/N-ethyl adjacent to an activating group) is 2. The molecule has 0 spiro atoms. The fourth-order valence-electron chi connectivity index (χ4n) is 2.12. The third kappa shape index (κ3) is 3.01. The Morgan fingerprint density at radius 2 is 2.33 bits per heavy atom. The lowest BCUT2D eigenvalue weighted by atomic mass is 10.2. The van der Waals surface area contributed by atoms with E-state index in [1.165, 1.54) is 11.3 Å². The van der Waals surface area contributed by atoms with E-state index in [0.29, 0.717) is 23.2 Å². The fraction of sp³-hybridized carbons (Fsp3) is 0.583. The highest BCUT2D eigenvalue weighted by molar-refractivity contribution is 7.12. The molecule has 2 rings (SSSR count). The van der Waals surface area contributed by atoms with Crippen LogP contribution in [0.4, 0.5) is 5.69 Å². The number of nitrogens with one attached hydrogen (secondary N) is 1. The number of carbonyl (C=O) groups is 1. The van der Waals surface area contributed by atoms with Gasteiger partial charge in [-0.3, -0.25) is 9.69 Å². The zero-order chi connectivity index (χ0) is 13.1. The molecule has 1 aliphatic rings. The van der Waals surface area contributed by atoms with Crippen molar-refractivity contribution in [3.05, 3.63) is 16.3 Å². The maximum Gasteiger partial charge on any atom is 0.263 e. The summed E-state index contributed by atoms with van der Waals surface area (Å²) in [5, 5.41) is 4.81. The Bertz CT molecular complexity index is 420. The van der Waals surface area contributed by atoms with E-state index in [-0.39, 0.29) is 5.91 Å². The minimum atomic E-state index is -0.0656. The monoisotopic (exact) mass is 268 g/mol. The maximum absolute atomic E-state index is 11.9. The van der Waals surface area contributed by atoms with E-state index in [0.717, 1.165) is 19.6 Å². The first kappa shape index (κ1) is 13.3. The Hall–Kier alpha value is -1.11. The molecule has 0 aliphatic carbocycles. The average molecular weight is 268 g/mol. The highest BCUT2D eigenvalue weighted by atomic mass is 32.1. The van der Waals surface area contributed by atoms with Crippen molar-refractivity contribution in [2.45, 2.75) is 6.04 Å². The van der Waals surface area contributed by atoms with E-state index in [1.807, 2.05) is 5.38 Å². The normalized spacial score (nSPS) is 22.0. The van der Waals surface area contributed by atoms with Crippen LogP contribution < -0.4 is 11.1 Å². The number of nitrogens with two attached hydrogens (primary N) is 1. The number of rotatable bonds is 3. The molecular formula is C12H20N4OS. The number of amides is 1. The molecule has 3 N–H and O–H groups in total. The van der Waals surface area contributed by atoms with Gasteiger partial charge in [0.05, 0.1) is 5.69 Å². The Morgan fingerprint density at radius 3 is 3.00 bits per heavy atom. The Balaban J connectivity index is 1.87. The number of nitrogens with zero attached hydrogens (tertiary/aromatic N) is 2. The molecule has 1 aromatic rings. The second-order valence-corrected chi connectivity index (χ2v) is 5.73. The van der Waals surface area contributed by atoms with Crippen molar-refractivity contribution >= 4 is 22.9 Å². The minimum Gasteiger partial charge on any atom is -0.397 e. The lowest BCUT2D eigenvalue weighted by Gasteiger charge is -2.37. The highest BCUT2D eigenvalue weighted by Gasteiger charge is 2.23. The molecule has 5 nitrogen and oxygen atoms in total. The molecule has 18 heavy (non-hydrogen) atoms. The molecule has 1 amide bonds. The predicted octanol–water partition coefficient (Wildman–Crippen LogP) is 0.306. The third-order valence-corrected chi connectivity index (χ3v) is 4.31. The van der Waals surface area contributed by atoms with E-state index in [1.54, 1.807) is 6.07 Å². The van der Waals surface area contributed by atoms with Gasteiger partial charge < -0.3 is 16.0 Å². The van der Waals surface area contributed by atoms with E-state index in [9.17, 15) is 4.79 Å². The summed E-state index contributed by atoms with van der Waals surface area (Å²) in [6, 6.07) is 2.13. The van der Waals surface area contributed by atoms with E-state index >= 15 is 0 Å². The highest BCUT2D eigenvalue weighted by Crippen LogP contribution is 2.18. The van der Waals surface area contributed by atoms with Crippen molar-refractivity contribution < 1.29 is 4.79 Å².